The Morgan fingerprint density at radius 3 is 2.81 bits per heavy atom. The number of aromatic amines is 1. The average Bonchev–Trinajstić information content (AvgIpc) is 3.20. The molecule has 138 valence electrons. The second-order valence-corrected chi connectivity index (χ2v) is 6.26. The Morgan fingerprint density at radius 2 is 2.08 bits per heavy atom. The van der Waals surface area contributed by atoms with Crippen molar-refractivity contribution in [1.82, 2.24) is 25.5 Å². The number of nitrogens with zero attached hydrogens (tertiary/aromatic N) is 3. The standard InChI is InChI=1S/C17H20FN5O3/c1-9(2)16-22-23-17(26-16)10(3)19-15(24)8-25-7-14-20-12-5-4-11(18)6-13(12)21-14/h4-6,9-10H,7-8H2,1-3H3,(H,19,24)(H,20,21). The summed E-state index contributed by atoms with van der Waals surface area (Å²) in [5, 5.41) is 10.6. The summed E-state index contributed by atoms with van der Waals surface area (Å²) >= 11 is 0. The molecule has 1 unspecified atom stereocenters. The number of carbonyl (C=O) groups excluding carboxylic acids is 1. The minimum atomic E-state index is -0.416. The minimum absolute atomic E-state index is 0.107. The Morgan fingerprint density at radius 1 is 1.31 bits per heavy atom. The summed E-state index contributed by atoms with van der Waals surface area (Å²) in [5.74, 6) is 0.859. The molecule has 8 nitrogen and oxygen atoms in total. The largest absolute Gasteiger partial charge is 0.423 e. The highest BCUT2D eigenvalue weighted by atomic mass is 19.1. The van der Waals surface area contributed by atoms with Crippen molar-refractivity contribution in [1.29, 1.82) is 0 Å². The first-order valence-corrected chi connectivity index (χ1v) is 8.27. The van der Waals surface area contributed by atoms with E-state index in [-0.39, 0.29) is 30.9 Å². The number of hydrogen-bond donors (Lipinski definition) is 2. The molecule has 0 radical (unpaired) electrons. The van der Waals surface area contributed by atoms with Crippen LogP contribution < -0.4 is 5.32 Å². The molecule has 1 atom stereocenters. The monoisotopic (exact) mass is 361 g/mol. The van der Waals surface area contributed by atoms with Gasteiger partial charge in [0.15, 0.2) is 0 Å². The van der Waals surface area contributed by atoms with Gasteiger partial charge in [0.2, 0.25) is 17.7 Å². The van der Waals surface area contributed by atoms with Crippen molar-refractivity contribution >= 4 is 16.9 Å². The highest BCUT2D eigenvalue weighted by Gasteiger charge is 2.17. The molecular weight excluding hydrogens is 341 g/mol. The maximum absolute atomic E-state index is 13.2. The van der Waals surface area contributed by atoms with Gasteiger partial charge in [-0.2, -0.15) is 0 Å². The van der Waals surface area contributed by atoms with Crippen LogP contribution in [0.25, 0.3) is 11.0 Å². The lowest BCUT2D eigenvalue weighted by molar-refractivity contribution is -0.127. The summed E-state index contributed by atoms with van der Waals surface area (Å²) in [6, 6.07) is 3.86. The van der Waals surface area contributed by atoms with Crippen LogP contribution >= 0.6 is 0 Å². The molecule has 0 fully saturated rings. The number of H-pyrrole nitrogens is 1. The Kier molecular flexibility index (Phi) is 5.27. The van der Waals surface area contributed by atoms with Crippen LogP contribution in [0.3, 0.4) is 0 Å². The van der Waals surface area contributed by atoms with Crippen molar-refractivity contribution in [3.8, 4) is 0 Å². The highest BCUT2D eigenvalue weighted by molar-refractivity contribution is 5.77. The van der Waals surface area contributed by atoms with Crippen molar-refractivity contribution in [2.75, 3.05) is 6.61 Å². The van der Waals surface area contributed by atoms with Crippen LogP contribution in [0.15, 0.2) is 22.6 Å². The van der Waals surface area contributed by atoms with Gasteiger partial charge in [0.05, 0.1) is 11.0 Å². The van der Waals surface area contributed by atoms with E-state index in [1.165, 1.54) is 12.1 Å². The van der Waals surface area contributed by atoms with Gasteiger partial charge in [0, 0.05) is 5.92 Å². The van der Waals surface area contributed by atoms with Gasteiger partial charge in [-0.3, -0.25) is 4.79 Å². The molecule has 3 rings (SSSR count). The van der Waals surface area contributed by atoms with Crippen LogP contribution in [0.4, 0.5) is 4.39 Å². The fraction of sp³-hybridized carbons (Fsp3) is 0.412. The molecule has 0 aliphatic carbocycles. The molecule has 2 N–H and O–H groups in total. The Labute approximate surface area is 149 Å². The molecule has 0 aliphatic heterocycles. The van der Waals surface area contributed by atoms with E-state index in [0.29, 0.717) is 28.6 Å². The van der Waals surface area contributed by atoms with Gasteiger partial charge in [-0.05, 0) is 25.1 Å². The lowest BCUT2D eigenvalue weighted by atomic mass is 10.2. The maximum Gasteiger partial charge on any atom is 0.246 e. The topological polar surface area (TPSA) is 106 Å². The van der Waals surface area contributed by atoms with Gasteiger partial charge < -0.3 is 19.5 Å². The van der Waals surface area contributed by atoms with E-state index in [2.05, 4.69) is 25.5 Å². The fourth-order valence-corrected chi connectivity index (χ4v) is 2.34. The smallest absolute Gasteiger partial charge is 0.246 e. The van der Waals surface area contributed by atoms with Gasteiger partial charge in [0.1, 0.15) is 30.9 Å². The number of halogens is 1. The van der Waals surface area contributed by atoms with Crippen molar-refractivity contribution in [2.24, 2.45) is 0 Å². The first-order chi connectivity index (χ1) is 12.4. The van der Waals surface area contributed by atoms with Crippen LogP contribution in [0.1, 0.15) is 50.3 Å². The second-order valence-electron chi connectivity index (χ2n) is 6.26. The lowest BCUT2D eigenvalue weighted by Gasteiger charge is -2.10. The number of hydrogen-bond acceptors (Lipinski definition) is 6. The Balaban J connectivity index is 1.48. The zero-order valence-electron chi connectivity index (χ0n) is 14.7. The number of ether oxygens (including phenoxy) is 1. The number of benzene rings is 1. The van der Waals surface area contributed by atoms with Crippen LogP contribution in [-0.2, 0) is 16.1 Å². The predicted molar refractivity (Wildman–Crippen MR) is 90.7 cm³/mol. The van der Waals surface area contributed by atoms with Crippen LogP contribution in [0.5, 0.6) is 0 Å². The SMILES string of the molecule is CC(C)c1nnc(C(C)NC(=O)COCc2nc3ccc(F)cc3[nH]2)o1. The molecule has 0 saturated carbocycles. The van der Waals surface area contributed by atoms with Crippen LogP contribution in [0, 0.1) is 5.82 Å². The van der Waals surface area contributed by atoms with Gasteiger partial charge in [-0.1, -0.05) is 13.8 Å². The van der Waals surface area contributed by atoms with E-state index in [0.717, 1.165) is 0 Å². The van der Waals surface area contributed by atoms with E-state index < -0.39 is 6.04 Å². The second kappa shape index (κ2) is 7.61. The van der Waals surface area contributed by atoms with Gasteiger partial charge in [0.25, 0.3) is 0 Å². The fourth-order valence-electron chi connectivity index (χ4n) is 2.34. The van der Waals surface area contributed by atoms with Crippen molar-refractivity contribution in [3.63, 3.8) is 0 Å². The van der Waals surface area contributed by atoms with Crippen molar-refractivity contribution in [3.05, 3.63) is 41.6 Å². The number of imidazole rings is 1. The number of aromatic nitrogens is 4. The maximum atomic E-state index is 13.2. The molecule has 9 heteroatoms. The van der Waals surface area contributed by atoms with E-state index >= 15 is 0 Å². The molecule has 0 aliphatic rings. The molecule has 2 heterocycles. The summed E-state index contributed by atoms with van der Waals surface area (Å²) in [7, 11) is 0. The zero-order valence-corrected chi connectivity index (χ0v) is 14.7. The molecule has 0 spiro atoms. The lowest BCUT2D eigenvalue weighted by Crippen LogP contribution is -2.30. The zero-order chi connectivity index (χ0) is 18.7. The molecule has 1 aromatic carbocycles. The molecule has 0 saturated heterocycles. The Bertz CT molecular complexity index is 905. The summed E-state index contributed by atoms with van der Waals surface area (Å²) in [5.41, 5.74) is 1.22. The summed E-state index contributed by atoms with van der Waals surface area (Å²) < 4.78 is 24.0. The van der Waals surface area contributed by atoms with Gasteiger partial charge in [-0.15, -0.1) is 10.2 Å². The molecular formula is C17H20FN5O3. The quantitative estimate of drug-likeness (QED) is 0.670. The third-order valence-electron chi connectivity index (χ3n) is 3.66. The number of nitrogens with one attached hydrogen (secondary N) is 2. The molecule has 3 aromatic rings. The Hall–Kier alpha value is -2.81. The van der Waals surface area contributed by atoms with Gasteiger partial charge >= 0.3 is 0 Å². The first-order valence-electron chi connectivity index (χ1n) is 8.27. The number of rotatable bonds is 7. The average molecular weight is 361 g/mol. The molecule has 1 amide bonds. The predicted octanol–water partition coefficient (Wildman–Crippen LogP) is 2.60. The number of amides is 1. The van der Waals surface area contributed by atoms with Gasteiger partial charge in [-0.25, -0.2) is 9.37 Å². The third-order valence-corrected chi connectivity index (χ3v) is 3.66. The summed E-state index contributed by atoms with van der Waals surface area (Å²) in [6.45, 7) is 5.60. The van der Waals surface area contributed by atoms with Crippen molar-refractivity contribution < 1.29 is 18.3 Å². The number of fused-ring (bicyclic) bond motifs is 1. The number of carbonyl (C=O) groups is 1. The van der Waals surface area contributed by atoms with E-state index in [9.17, 15) is 9.18 Å². The van der Waals surface area contributed by atoms with Crippen LogP contribution in [0.2, 0.25) is 0 Å². The molecule has 26 heavy (non-hydrogen) atoms. The highest BCUT2D eigenvalue weighted by Crippen LogP contribution is 2.16. The normalized spacial score (nSPS) is 12.7. The summed E-state index contributed by atoms with van der Waals surface area (Å²) in [6.07, 6.45) is 0. The third kappa shape index (κ3) is 4.23. The van der Waals surface area contributed by atoms with Crippen LogP contribution in [-0.4, -0.2) is 32.7 Å². The molecule has 2 aromatic heterocycles. The van der Waals surface area contributed by atoms with E-state index in [1.54, 1.807) is 13.0 Å². The summed E-state index contributed by atoms with van der Waals surface area (Å²) in [4.78, 5) is 19.2. The van der Waals surface area contributed by atoms with Crippen molar-refractivity contribution in [2.45, 2.75) is 39.3 Å². The van der Waals surface area contributed by atoms with E-state index in [1.807, 2.05) is 13.8 Å². The minimum Gasteiger partial charge on any atom is -0.423 e. The van der Waals surface area contributed by atoms with E-state index in [4.69, 9.17) is 9.15 Å². The molecule has 0 bridgehead atoms. The first kappa shape index (κ1) is 18.0.